The second-order valence-corrected chi connectivity index (χ2v) is 5.66. The first kappa shape index (κ1) is 15.1. The molecule has 7 nitrogen and oxygen atoms in total. The Hall–Kier alpha value is -2.26. The molecule has 0 fully saturated rings. The lowest BCUT2D eigenvalue weighted by molar-refractivity contribution is -0.385. The minimum absolute atomic E-state index is 0.113. The Morgan fingerprint density at radius 1 is 1.52 bits per heavy atom. The molecular weight excluding hydrogens is 362 g/mol. The van der Waals surface area contributed by atoms with Crippen LogP contribution in [0.5, 0.6) is 5.75 Å². The summed E-state index contributed by atoms with van der Waals surface area (Å²) < 4.78 is 0.415. The highest BCUT2D eigenvalue weighted by molar-refractivity contribution is 9.10. The lowest BCUT2D eigenvalue weighted by Crippen LogP contribution is -2.16. The monoisotopic (exact) mass is 369 g/mol. The molecule has 2 rings (SSSR count). The summed E-state index contributed by atoms with van der Waals surface area (Å²) in [5.74, 6) is -0.914. The summed E-state index contributed by atoms with van der Waals surface area (Å²) in [5.41, 5.74) is 1.94. The summed E-state index contributed by atoms with van der Waals surface area (Å²) in [4.78, 5) is 22.2. The maximum Gasteiger partial charge on any atom is 0.312 e. The standard InChI is InChI=1S/C12H8BrN3O4S/c13-8-4-7(11(17)9(5-8)16(19)20)6-14-15-12(18)10-2-1-3-21-10/h1-6,17H,(H,15,18). The van der Waals surface area contributed by atoms with E-state index in [2.05, 4.69) is 26.5 Å². The van der Waals surface area contributed by atoms with Crippen LogP contribution in [0.1, 0.15) is 15.2 Å². The first-order valence-corrected chi connectivity index (χ1v) is 7.20. The number of hydrogen-bond acceptors (Lipinski definition) is 6. The van der Waals surface area contributed by atoms with Gasteiger partial charge in [0.15, 0.2) is 0 Å². The Kier molecular flexibility index (Phi) is 4.66. The van der Waals surface area contributed by atoms with E-state index >= 15 is 0 Å². The number of nitro groups is 1. The van der Waals surface area contributed by atoms with Crippen LogP contribution in [-0.4, -0.2) is 22.2 Å². The maximum absolute atomic E-state index is 11.6. The number of rotatable bonds is 4. The van der Waals surface area contributed by atoms with Crippen LogP contribution in [0.25, 0.3) is 0 Å². The summed E-state index contributed by atoms with van der Waals surface area (Å²) in [7, 11) is 0. The number of aromatic hydroxyl groups is 1. The average molecular weight is 370 g/mol. The number of amides is 1. The first-order chi connectivity index (χ1) is 9.99. The van der Waals surface area contributed by atoms with Gasteiger partial charge >= 0.3 is 5.69 Å². The molecule has 0 spiro atoms. The molecular formula is C12H8BrN3O4S. The number of hydrazone groups is 1. The van der Waals surface area contributed by atoms with Crippen molar-refractivity contribution in [3.05, 3.63) is 54.7 Å². The number of carbonyl (C=O) groups excluding carboxylic acids is 1. The smallest absolute Gasteiger partial charge is 0.312 e. The molecule has 21 heavy (non-hydrogen) atoms. The van der Waals surface area contributed by atoms with Crippen LogP contribution in [0.15, 0.2) is 39.2 Å². The van der Waals surface area contributed by atoms with Crippen LogP contribution in [-0.2, 0) is 0 Å². The molecule has 108 valence electrons. The SMILES string of the molecule is O=C(NN=Cc1cc(Br)cc([N+](=O)[O-])c1O)c1cccs1. The normalized spacial score (nSPS) is 10.7. The van der Waals surface area contributed by atoms with Crippen molar-refractivity contribution in [3.8, 4) is 5.75 Å². The average Bonchev–Trinajstić information content (AvgIpc) is 2.95. The van der Waals surface area contributed by atoms with Gasteiger partial charge in [-0.2, -0.15) is 5.10 Å². The Bertz CT molecular complexity index is 716. The summed E-state index contributed by atoms with van der Waals surface area (Å²) in [6.07, 6.45) is 1.14. The van der Waals surface area contributed by atoms with E-state index in [1.807, 2.05) is 0 Å². The first-order valence-electron chi connectivity index (χ1n) is 5.53. The molecule has 1 aromatic carbocycles. The van der Waals surface area contributed by atoms with E-state index in [0.29, 0.717) is 9.35 Å². The van der Waals surface area contributed by atoms with Crippen molar-refractivity contribution in [2.45, 2.75) is 0 Å². The Morgan fingerprint density at radius 3 is 2.90 bits per heavy atom. The molecule has 2 aromatic rings. The zero-order valence-corrected chi connectivity index (χ0v) is 12.7. The second kappa shape index (κ2) is 6.46. The molecule has 0 unspecified atom stereocenters. The van der Waals surface area contributed by atoms with Gasteiger partial charge in [0.2, 0.25) is 5.75 Å². The van der Waals surface area contributed by atoms with E-state index in [9.17, 15) is 20.0 Å². The molecule has 0 radical (unpaired) electrons. The molecule has 0 aliphatic rings. The highest BCUT2D eigenvalue weighted by atomic mass is 79.9. The minimum Gasteiger partial charge on any atom is -0.502 e. The number of phenols is 1. The van der Waals surface area contributed by atoms with Crippen LogP contribution >= 0.6 is 27.3 Å². The van der Waals surface area contributed by atoms with Crippen molar-refractivity contribution in [1.29, 1.82) is 0 Å². The van der Waals surface area contributed by atoms with Gasteiger partial charge in [-0.05, 0) is 17.5 Å². The van der Waals surface area contributed by atoms with Crippen molar-refractivity contribution >= 4 is 45.1 Å². The summed E-state index contributed by atoms with van der Waals surface area (Å²) >= 11 is 4.36. The fraction of sp³-hybridized carbons (Fsp3) is 0. The molecule has 0 aliphatic heterocycles. The van der Waals surface area contributed by atoms with Crippen molar-refractivity contribution in [2.24, 2.45) is 5.10 Å². The van der Waals surface area contributed by atoms with Crippen molar-refractivity contribution < 1.29 is 14.8 Å². The van der Waals surface area contributed by atoms with Crippen LogP contribution in [0.2, 0.25) is 0 Å². The molecule has 9 heteroatoms. The predicted octanol–water partition coefficient (Wildman–Crippen LogP) is 2.89. The minimum atomic E-state index is -0.707. The molecule has 0 atom stereocenters. The zero-order chi connectivity index (χ0) is 15.4. The van der Waals surface area contributed by atoms with E-state index in [-0.39, 0.29) is 5.56 Å². The van der Waals surface area contributed by atoms with Crippen molar-refractivity contribution in [3.63, 3.8) is 0 Å². The molecule has 1 aromatic heterocycles. The number of nitrogens with one attached hydrogen (secondary N) is 1. The van der Waals surface area contributed by atoms with Crippen LogP contribution in [0.3, 0.4) is 0 Å². The van der Waals surface area contributed by atoms with Gasteiger partial charge in [0.1, 0.15) is 0 Å². The summed E-state index contributed by atoms with van der Waals surface area (Å²) in [6, 6.07) is 5.99. The number of nitro benzene ring substituents is 1. The fourth-order valence-electron chi connectivity index (χ4n) is 1.47. The van der Waals surface area contributed by atoms with Gasteiger partial charge in [-0.15, -0.1) is 11.3 Å². The number of halogens is 1. The Labute approximate surface area is 131 Å². The largest absolute Gasteiger partial charge is 0.502 e. The third-order valence-electron chi connectivity index (χ3n) is 2.40. The number of nitrogens with zero attached hydrogens (tertiary/aromatic N) is 2. The molecule has 0 aliphatic carbocycles. The van der Waals surface area contributed by atoms with Gasteiger partial charge in [0.25, 0.3) is 5.91 Å². The van der Waals surface area contributed by atoms with Gasteiger partial charge in [-0.1, -0.05) is 22.0 Å². The van der Waals surface area contributed by atoms with E-state index in [4.69, 9.17) is 0 Å². The van der Waals surface area contributed by atoms with Gasteiger partial charge in [0.05, 0.1) is 16.0 Å². The highest BCUT2D eigenvalue weighted by Crippen LogP contribution is 2.32. The van der Waals surface area contributed by atoms with E-state index < -0.39 is 22.3 Å². The van der Waals surface area contributed by atoms with Gasteiger partial charge < -0.3 is 5.11 Å². The van der Waals surface area contributed by atoms with Gasteiger partial charge in [0, 0.05) is 16.1 Å². The van der Waals surface area contributed by atoms with E-state index in [0.717, 1.165) is 6.21 Å². The quantitative estimate of drug-likeness (QED) is 0.490. The number of carbonyl (C=O) groups is 1. The van der Waals surface area contributed by atoms with Crippen molar-refractivity contribution in [2.75, 3.05) is 0 Å². The third kappa shape index (κ3) is 3.64. The lowest BCUT2D eigenvalue weighted by atomic mass is 10.2. The molecule has 2 N–H and O–H groups in total. The van der Waals surface area contributed by atoms with E-state index in [1.54, 1.807) is 17.5 Å². The number of thiophene rings is 1. The molecule has 1 heterocycles. The Morgan fingerprint density at radius 2 is 2.29 bits per heavy atom. The molecule has 1 amide bonds. The highest BCUT2D eigenvalue weighted by Gasteiger charge is 2.17. The molecule has 0 bridgehead atoms. The predicted molar refractivity (Wildman–Crippen MR) is 81.8 cm³/mol. The maximum atomic E-state index is 11.6. The number of phenolic OH excluding ortho intramolecular Hbond substituents is 1. The lowest BCUT2D eigenvalue weighted by Gasteiger charge is -2.01. The zero-order valence-electron chi connectivity index (χ0n) is 10.3. The fourth-order valence-corrected chi connectivity index (χ4v) is 2.54. The van der Waals surface area contributed by atoms with Crippen LogP contribution in [0.4, 0.5) is 5.69 Å². The van der Waals surface area contributed by atoms with Gasteiger partial charge in [-0.3, -0.25) is 14.9 Å². The Balaban J connectivity index is 2.18. The third-order valence-corrected chi connectivity index (χ3v) is 3.72. The number of benzene rings is 1. The molecule has 0 saturated carbocycles. The summed E-state index contributed by atoms with van der Waals surface area (Å²) in [5, 5.41) is 26.0. The van der Waals surface area contributed by atoms with Crippen LogP contribution < -0.4 is 5.43 Å². The van der Waals surface area contributed by atoms with Gasteiger partial charge in [-0.25, -0.2) is 5.43 Å². The van der Waals surface area contributed by atoms with Crippen molar-refractivity contribution in [1.82, 2.24) is 5.43 Å². The van der Waals surface area contributed by atoms with Crippen LogP contribution in [0, 0.1) is 10.1 Å². The summed E-state index contributed by atoms with van der Waals surface area (Å²) in [6.45, 7) is 0. The number of hydrogen-bond donors (Lipinski definition) is 2. The second-order valence-electron chi connectivity index (χ2n) is 3.80. The van der Waals surface area contributed by atoms with E-state index in [1.165, 1.54) is 23.5 Å². The molecule has 0 saturated heterocycles. The topological polar surface area (TPSA) is 105 Å².